The Morgan fingerprint density at radius 1 is 0.639 bits per heavy atom. The lowest BCUT2D eigenvalue weighted by molar-refractivity contribution is -0.249. The lowest BCUT2D eigenvalue weighted by atomic mass is 9.83. The number of rotatable bonds is 10. The third-order valence-corrected chi connectivity index (χ3v) is 18.2. The van der Waals surface area contributed by atoms with Gasteiger partial charge in [-0.05, 0) is 115 Å². The van der Waals surface area contributed by atoms with Crippen LogP contribution in [0.3, 0.4) is 0 Å². The van der Waals surface area contributed by atoms with Crippen molar-refractivity contribution < 1.29 is 17.9 Å². The number of ether oxygens (including phenoxy) is 1. The first-order valence-corrected chi connectivity index (χ1v) is 25.8. The Morgan fingerprint density at radius 3 is 1.75 bits per heavy atom. The number of alkyl halides is 3. The summed E-state index contributed by atoms with van der Waals surface area (Å²) in [5, 5.41) is 31.2. The minimum absolute atomic E-state index is 0.300. The molecule has 0 fully saturated rings. The number of hydrogen-bond donors (Lipinski definition) is 0. The number of aromatic nitrogens is 1. The molecule has 6 aromatic carbocycles. The largest absolute Gasteiger partial charge is 0.465 e. The Hall–Kier alpha value is -8.00. The van der Waals surface area contributed by atoms with E-state index in [2.05, 4.69) is 150 Å². The lowest BCUT2D eigenvalue weighted by Gasteiger charge is -2.42. The van der Waals surface area contributed by atoms with Gasteiger partial charge in [0.1, 0.15) is 23.8 Å². The van der Waals surface area contributed by atoms with Crippen molar-refractivity contribution in [2.45, 2.75) is 76.4 Å². The highest BCUT2D eigenvalue weighted by molar-refractivity contribution is 8.34. The van der Waals surface area contributed by atoms with E-state index in [9.17, 15) is 15.8 Å². The molecule has 0 saturated heterocycles. The van der Waals surface area contributed by atoms with Crippen molar-refractivity contribution >= 4 is 38.1 Å². The van der Waals surface area contributed by atoms with Gasteiger partial charge in [-0.15, -0.1) is 10.0 Å². The Bertz CT molecular complexity index is 3420. The molecule has 354 valence electrons. The van der Waals surface area contributed by atoms with Crippen molar-refractivity contribution in [2.75, 3.05) is 0 Å². The SMILES string of the molecule is N#CC(C#N)=C1OC(c2ccccc2)(C(F)(F)F)C(/C=C/C2=C(Cl)C(=C\C=C3\CCCc4c3c3ccccc3n4Cc3ccc(S(c4ccccc4)(c4ccccc4)c4ccccc4)cc3)/CCC2)=C1C#N. The number of halogens is 4. The number of fused-ring (bicyclic) bond motifs is 3. The van der Waals surface area contributed by atoms with Crippen LogP contribution in [0.15, 0.2) is 252 Å². The smallest absolute Gasteiger partial charge is 0.437 e. The summed E-state index contributed by atoms with van der Waals surface area (Å²) in [6.07, 6.45) is 6.41. The highest BCUT2D eigenvalue weighted by Crippen LogP contribution is 2.73. The van der Waals surface area contributed by atoms with Crippen molar-refractivity contribution in [2.24, 2.45) is 0 Å². The highest BCUT2D eigenvalue weighted by atomic mass is 35.5. The zero-order valence-electron chi connectivity index (χ0n) is 39.0. The van der Waals surface area contributed by atoms with Gasteiger partial charge in [-0.3, -0.25) is 0 Å². The van der Waals surface area contributed by atoms with Crippen LogP contribution in [0.4, 0.5) is 13.2 Å². The van der Waals surface area contributed by atoms with Gasteiger partial charge >= 0.3 is 6.18 Å². The molecule has 0 amide bonds. The number of para-hydroxylation sites is 1. The second-order valence-electron chi connectivity index (χ2n) is 17.9. The summed E-state index contributed by atoms with van der Waals surface area (Å²) in [4.78, 5) is 5.08. The Morgan fingerprint density at radius 2 is 1.17 bits per heavy atom. The molecule has 1 atom stereocenters. The van der Waals surface area contributed by atoms with Gasteiger partial charge in [-0.1, -0.05) is 151 Å². The van der Waals surface area contributed by atoms with Crippen LogP contribution in [-0.4, -0.2) is 10.7 Å². The van der Waals surface area contributed by atoms with Crippen LogP contribution < -0.4 is 0 Å². The summed E-state index contributed by atoms with van der Waals surface area (Å²) in [5.41, 5.74) is 2.25. The van der Waals surface area contributed by atoms with Gasteiger partial charge in [-0.2, -0.15) is 29.0 Å². The first-order chi connectivity index (χ1) is 35.1. The van der Waals surface area contributed by atoms with E-state index >= 15 is 13.2 Å². The van der Waals surface area contributed by atoms with Gasteiger partial charge in [0, 0.05) is 64.5 Å². The van der Waals surface area contributed by atoms with Crippen molar-refractivity contribution in [1.29, 1.82) is 15.8 Å². The molecular weight excluding hydrogens is 941 g/mol. The molecule has 2 aliphatic carbocycles. The molecule has 10 rings (SSSR count). The summed E-state index contributed by atoms with van der Waals surface area (Å²) in [6.45, 7) is 0.694. The molecule has 10 heteroatoms. The average molecular weight is 988 g/mol. The summed E-state index contributed by atoms with van der Waals surface area (Å²) in [7, 11) is -1.82. The molecule has 1 unspecified atom stereocenters. The van der Waals surface area contributed by atoms with Crippen LogP contribution in [-0.2, 0) is 23.3 Å². The minimum Gasteiger partial charge on any atom is -0.465 e. The number of benzene rings is 6. The predicted octanol–water partition coefficient (Wildman–Crippen LogP) is 16.5. The quantitative estimate of drug-likeness (QED) is 0.128. The summed E-state index contributed by atoms with van der Waals surface area (Å²) < 4.78 is 54.5. The molecule has 1 aliphatic heterocycles. The summed E-state index contributed by atoms with van der Waals surface area (Å²) in [6, 6.07) is 62.2. The van der Waals surface area contributed by atoms with Crippen molar-refractivity contribution in [1.82, 2.24) is 4.57 Å². The second kappa shape index (κ2) is 20.0. The van der Waals surface area contributed by atoms with Crippen LogP contribution in [0.2, 0.25) is 0 Å². The Balaban J connectivity index is 1.00. The first-order valence-electron chi connectivity index (χ1n) is 23.8. The fourth-order valence-corrected chi connectivity index (χ4v) is 14.8. The van der Waals surface area contributed by atoms with Crippen LogP contribution in [0.5, 0.6) is 0 Å². The van der Waals surface area contributed by atoms with Crippen LogP contribution in [0, 0.1) is 34.0 Å². The third-order valence-electron chi connectivity index (χ3n) is 13.8. The van der Waals surface area contributed by atoms with E-state index < -0.39 is 44.3 Å². The standard InChI is InChI=1S/C62H46ClF3N4OS/c63-59-45(18-15-19-46(59)35-38-55-54(41-69)60(47(39-67)40-68)71-61(55,62(64,65)66)48-20-5-1-6-21-48)34-33-44-17-16-30-57-58(44)53-28-13-14-29-56(53)70(57)42-43-31-36-52(37-32-43)72(49-22-7-2-8-23-49,50-24-9-3-10-25-50)51-26-11-4-12-27-51/h1-14,20-29,31-38H,15-19,30,42H2/b38-35+,44-33-,45-34-. The maximum Gasteiger partial charge on any atom is 0.437 e. The van der Waals surface area contributed by atoms with E-state index in [4.69, 9.17) is 16.3 Å². The third kappa shape index (κ3) is 8.27. The lowest BCUT2D eigenvalue weighted by Crippen LogP contribution is -2.43. The molecule has 5 nitrogen and oxygen atoms in total. The fourth-order valence-electron chi connectivity index (χ4n) is 10.6. The van der Waals surface area contributed by atoms with E-state index in [1.165, 1.54) is 83.8 Å². The maximum atomic E-state index is 15.5. The topological polar surface area (TPSA) is 85.5 Å². The molecule has 0 bridgehead atoms. The molecule has 1 aromatic heterocycles. The van der Waals surface area contributed by atoms with Crippen LogP contribution >= 0.6 is 21.6 Å². The van der Waals surface area contributed by atoms with Gasteiger partial charge in [0.25, 0.3) is 5.60 Å². The maximum absolute atomic E-state index is 15.5. The van der Waals surface area contributed by atoms with Crippen molar-refractivity contribution in [3.8, 4) is 18.2 Å². The molecule has 0 N–H and O–H groups in total. The van der Waals surface area contributed by atoms with E-state index in [1.807, 2.05) is 12.1 Å². The zero-order chi connectivity index (χ0) is 49.9. The number of allylic oxidation sites excluding steroid dienone is 9. The van der Waals surface area contributed by atoms with Gasteiger partial charge < -0.3 is 9.30 Å². The Labute approximate surface area is 424 Å². The zero-order valence-corrected chi connectivity index (χ0v) is 40.6. The first kappa shape index (κ1) is 47.7. The van der Waals surface area contributed by atoms with Gasteiger partial charge in [-0.25, -0.2) is 0 Å². The summed E-state index contributed by atoms with van der Waals surface area (Å²) >= 11 is 7.16. The normalized spacial score (nSPS) is 18.5. The van der Waals surface area contributed by atoms with Crippen LogP contribution in [0.1, 0.15) is 54.5 Å². The van der Waals surface area contributed by atoms with Gasteiger partial charge in [0.2, 0.25) is 0 Å². The predicted molar refractivity (Wildman–Crippen MR) is 278 cm³/mol. The molecule has 0 saturated carbocycles. The minimum atomic E-state index is -5.09. The highest BCUT2D eigenvalue weighted by Gasteiger charge is 2.65. The molecule has 0 spiro atoms. The number of nitrogens with zero attached hydrogens (tertiary/aromatic N) is 4. The van der Waals surface area contributed by atoms with Crippen molar-refractivity contribution in [3.05, 3.63) is 255 Å². The fraction of sp³-hybridized carbons (Fsp3) is 0.145. The van der Waals surface area contributed by atoms with E-state index in [0.717, 1.165) is 30.4 Å². The Kier molecular flexibility index (Phi) is 13.3. The van der Waals surface area contributed by atoms with E-state index in [1.54, 1.807) is 18.2 Å². The van der Waals surface area contributed by atoms with Crippen LogP contribution in [0.25, 0.3) is 16.5 Å². The van der Waals surface area contributed by atoms with E-state index in [0.29, 0.717) is 36.4 Å². The molecule has 2 heterocycles. The molecule has 3 aliphatic rings. The molecular formula is C62H46ClF3N4OS. The van der Waals surface area contributed by atoms with Gasteiger partial charge in [0.05, 0.1) is 0 Å². The van der Waals surface area contributed by atoms with Gasteiger partial charge in [0.15, 0.2) is 11.3 Å². The monoisotopic (exact) mass is 986 g/mol. The molecule has 0 radical (unpaired) electrons. The van der Waals surface area contributed by atoms with E-state index in [-0.39, 0.29) is 5.56 Å². The number of nitriles is 3. The molecule has 7 aromatic rings. The average Bonchev–Trinajstić information content (AvgIpc) is 3.93. The second-order valence-corrected chi connectivity index (χ2v) is 21.3. The summed E-state index contributed by atoms with van der Waals surface area (Å²) in [5.74, 6) is -0.709. The molecule has 72 heavy (non-hydrogen) atoms. The number of hydrogen-bond acceptors (Lipinski definition) is 4. The van der Waals surface area contributed by atoms with Crippen molar-refractivity contribution in [3.63, 3.8) is 0 Å².